The molecule has 0 atom stereocenters. The Morgan fingerprint density at radius 3 is 2.33 bits per heavy atom. The van der Waals surface area contributed by atoms with Gasteiger partial charge < -0.3 is 4.98 Å². The summed E-state index contributed by atoms with van der Waals surface area (Å²) in [4.78, 5) is 2.97. The molecule has 1 aromatic heterocycles. The van der Waals surface area contributed by atoms with E-state index in [0.29, 0.717) is 39.7 Å². The van der Waals surface area contributed by atoms with Crippen molar-refractivity contribution in [3.05, 3.63) is 63.8 Å². The molecule has 2 N–H and O–H groups in total. The minimum atomic E-state index is -3.70. The molecule has 0 saturated carbocycles. The lowest BCUT2D eigenvalue weighted by atomic mass is 10.1. The van der Waals surface area contributed by atoms with Crippen molar-refractivity contribution in [2.45, 2.75) is 13.1 Å². The second-order valence-electron chi connectivity index (χ2n) is 5.63. The molecule has 0 saturated heterocycles. The summed E-state index contributed by atoms with van der Waals surface area (Å²) in [7, 11) is -3.70. The van der Waals surface area contributed by atoms with E-state index in [1.807, 2.05) is 24.3 Å². The van der Waals surface area contributed by atoms with Gasteiger partial charge in [0.1, 0.15) is 0 Å². The van der Waals surface area contributed by atoms with Crippen molar-refractivity contribution < 1.29 is 8.42 Å². The van der Waals surface area contributed by atoms with Crippen molar-refractivity contribution in [1.29, 1.82) is 0 Å². The van der Waals surface area contributed by atoms with Gasteiger partial charge in [-0.25, -0.2) is 0 Å². The summed E-state index contributed by atoms with van der Waals surface area (Å²) in [6.07, 6.45) is 1.58. The van der Waals surface area contributed by atoms with E-state index >= 15 is 0 Å². The van der Waals surface area contributed by atoms with Crippen LogP contribution < -0.4 is 4.72 Å². The molecule has 3 aromatic rings. The minimum absolute atomic E-state index is 0.355. The first-order chi connectivity index (χ1) is 11.5. The zero-order chi connectivity index (χ0) is 16.9. The quantitative estimate of drug-likeness (QED) is 0.715. The van der Waals surface area contributed by atoms with Gasteiger partial charge in [-0.2, -0.15) is 12.7 Å². The molecule has 2 heterocycles. The largest absolute Gasteiger partial charge is 0.358 e. The highest BCUT2D eigenvalue weighted by molar-refractivity contribution is 7.90. The molecule has 0 amide bonds. The molecule has 0 unspecified atom stereocenters. The van der Waals surface area contributed by atoms with E-state index in [2.05, 4.69) is 9.71 Å². The summed E-state index contributed by atoms with van der Waals surface area (Å²) in [5, 5.41) is 1.51. The molecule has 4 rings (SSSR count). The van der Waals surface area contributed by atoms with Gasteiger partial charge in [-0.1, -0.05) is 47.5 Å². The highest BCUT2D eigenvalue weighted by Gasteiger charge is 2.29. The Morgan fingerprint density at radius 2 is 1.67 bits per heavy atom. The number of aromatic amines is 1. The van der Waals surface area contributed by atoms with Crippen LogP contribution in [-0.4, -0.2) is 17.7 Å². The third kappa shape index (κ3) is 2.56. The maximum atomic E-state index is 12.7. The fourth-order valence-electron chi connectivity index (χ4n) is 2.93. The van der Waals surface area contributed by atoms with Crippen LogP contribution in [0.25, 0.3) is 10.9 Å². The summed E-state index contributed by atoms with van der Waals surface area (Å²) < 4.78 is 29.5. The van der Waals surface area contributed by atoms with E-state index in [1.54, 1.807) is 18.3 Å². The molecule has 1 aliphatic rings. The predicted molar refractivity (Wildman–Crippen MR) is 96.6 cm³/mol. The summed E-state index contributed by atoms with van der Waals surface area (Å²) >= 11 is 12.2. The summed E-state index contributed by atoms with van der Waals surface area (Å²) in [6.45, 7) is 0.710. The SMILES string of the molecule is O=S(=O)(Nc1ccc(Cl)c2c(Cl)c[nH]c12)N1Cc2ccccc2C1. The number of halogens is 2. The average molecular weight is 382 g/mol. The van der Waals surface area contributed by atoms with Crippen LogP contribution in [0.1, 0.15) is 11.1 Å². The zero-order valence-corrected chi connectivity index (χ0v) is 14.7. The van der Waals surface area contributed by atoms with E-state index in [-0.39, 0.29) is 0 Å². The lowest BCUT2D eigenvalue weighted by Gasteiger charge is -2.17. The third-order valence-electron chi connectivity index (χ3n) is 4.13. The van der Waals surface area contributed by atoms with Crippen molar-refractivity contribution >= 4 is 50.0 Å². The number of H-pyrrole nitrogens is 1. The second-order valence-corrected chi connectivity index (χ2v) is 8.11. The Labute approximate surface area is 149 Å². The summed E-state index contributed by atoms with van der Waals surface area (Å²) in [5.74, 6) is 0. The van der Waals surface area contributed by atoms with Crippen molar-refractivity contribution in [1.82, 2.24) is 9.29 Å². The molecule has 0 aliphatic carbocycles. The molecule has 5 nitrogen and oxygen atoms in total. The number of nitrogens with zero attached hydrogens (tertiary/aromatic N) is 1. The third-order valence-corrected chi connectivity index (χ3v) is 6.16. The number of fused-ring (bicyclic) bond motifs is 2. The number of rotatable bonds is 3. The fraction of sp³-hybridized carbons (Fsp3) is 0.125. The smallest absolute Gasteiger partial charge is 0.302 e. The van der Waals surface area contributed by atoms with Gasteiger partial charge in [0.05, 0.1) is 21.2 Å². The van der Waals surface area contributed by atoms with Gasteiger partial charge in [0.2, 0.25) is 0 Å². The van der Waals surface area contributed by atoms with Crippen LogP contribution in [0, 0.1) is 0 Å². The molecular weight excluding hydrogens is 369 g/mol. The van der Waals surface area contributed by atoms with E-state index in [0.717, 1.165) is 11.1 Å². The molecular formula is C16H13Cl2N3O2S. The molecule has 0 spiro atoms. The van der Waals surface area contributed by atoms with Crippen LogP contribution in [0.3, 0.4) is 0 Å². The average Bonchev–Trinajstić information content (AvgIpc) is 3.15. The van der Waals surface area contributed by atoms with Gasteiger partial charge in [-0.3, -0.25) is 4.72 Å². The number of hydrogen-bond donors (Lipinski definition) is 2. The van der Waals surface area contributed by atoms with Gasteiger partial charge in [0.25, 0.3) is 0 Å². The number of anilines is 1. The zero-order valence-electron chi connectivity index (χ0n) is 12.4. The van der Waals surface area contributed by atoms with Gasteiger partial charge in [0, 0.05) is 24.7 Å². The molecule has 0 bridgehead atoms. The first kappa shape index (κ1) is 15.8. The van der Waals surface area contributed by atoms with E-state index < -0.39 is 10.2 Å². The minimum Gasteiger partial charge on any atom is -0.358 e. The van der Waals surface area contributed by atoms with Crippen LogP contribution in [0.4, 0.5) is 5.69 Å². The molecule has 2 aromatic carbocycles. The molecule has 0 radical (unpaired) electrons. The maximum Gasteiger partial charge on any atom is 0.302 e. The molecule has 1 aliphatic heterocycles. The van der Waals surface area contributed by atoms with Crippen LogP contribution in [0.2, 0.25) is 10.0 Å². The Bertz CT molecular complexity index is 1020. The second kappa shape index (κ2) is 5.67. The topological polar surface area (TPSA) is 65.2 Å². The van der Waals surface area contributed by atoms with E-state index in [4.69, 9.17) is 23.2 Å². The van der Waals surface area contributed by atoms with E-state index in [9.17, 15) is 8.42 Å². The van der Waals surface area contributed by atoms with Crippen molar-refractivity contribution in [3.8, 4) is 0 Å². The highest BCUT2D eigenvalue weighted by atomic mass is 35.5. The first-order valence-corrected chi connectivity index (χ1v) is 9.45. The Hall–Kier alpha value is -1.73. The van der Waals surface area contributed by atoms with E-state index in [1.165, 1.54) is 4.31 Å². The Balaban J connectivity index is 1.68. The van der Waals surface area contributed by atoms with Gasteiger partial charge in [-0.15, -0.1) is 0 Å². The number of nitrogens with one attached hydrogen (secondary N) is 2. The Kier molecular flexibility index (Phi) is 3.73. The van der Waals surface area contributed by atoms with Crippen LogP contribution in [-0.2, 0) is 23.3 Å². The molecule has 8 heteroatoms. The lowest BCUT2D eigenvalue weighted by molar-refractivity contribution is 0.436. The maximum absolute atomic E-state index is 12.7. The first-order valence-electron chi connectivity index (χ1n) is 7.25. The lowest BCUT2D eigenvalue weighted by Crippen LogP contribution is -2.31. The number of benzene rings is 2. The molecule has 0 fully saturated rings. The van der Waals surface area contributed by atoms with Gasteiger partial charge in [-0.05, 0) is 23.3 Å². The standard InChI is InChI=1S/C16H13Cl2N3O2S/c17-12-5-6-14(16-15(12)13(18)7-19-16)20-24(22,23)21-8-10-3-1-2-4-11(10)9-21/h1-7,19-20H,8-9H2. The van der Waals surface area contributed by atoms with Crippen LogP contribution in [0.15, 0.2) is 42.6 Å². The normalized spacial score (nSPS) is 14.9. The summed E-state index contributed by atoms with van der Waals surface area (Å²) in [6, 6.07) is 10.9. The molecule has 124 valence electrons. The highest BCUT2D eigenvalue weighted by Crippen LogP contribution is 2.35. The van der Waals surface area contributed by atoms with Crippen LogP contribution >= 0.6 is 23.2 Å². The Morgan fingerprint density at radius 1 is 1.00 bits per heavy atom. The fourth-order valence-corrected chi connectivity index (χ4v) is 4.68. The number of hydrogen-bond acceptors (Lipinski definition) is 2. The number of aromatic nitrogens is 1. The predicted octanol–water partition coefficient (Wildman–Crippen LogP) is 4.15. The van der Waals surface area contributed by atoms with Crippen molar-refractivity contribution in [2.24, 2.45) is 0 Å². The van der Waals surface area contributed by atoms with Gasteiger partial charge in [0.15, 0.2) is 0 Å². The monoisotopic (exact) mass is 381 g/mol. The molecule has 24 heavy (non-hydrogen) atoms. The van der Waals surface area contributed by atoms with Crippen LogP contribution in [0.5, 0.6) is 0 Å². The summed E-state index contributed by atoms with van der Waals surface area (Å²) in [5.41, 5.74) is 3.02. The van der Waals surface area contributed by atoms with Crippen molar-refractivity contribution in [3.63, 3.8) is 0 Å². The van der Waals surface area contributed by atoms with Crippen molar-refractivity contribution in [2.75, 3.05) is 4.72 Å². The van der Waals surface area contributed by atoms with Gasteiger partial charge >= 0.3 is 10.2 Å².